The summed E-state index contributed by atoms with van der Waals surface area (Å²) in [5, 5.41) is 28.3. The number of aromatic nitrogens is 6. The smallest absolute Gasteiger partial charge is 0.319 e. The van der Waals surface area contributed by atoms with Gasteiger partial charge in [-0.05, 0) is 47.7 Å². The number of nitrogens with zero attached hydrogens (tertiary/aromatic N) is 4. The first-order valence-corrected chi connectivity index (χ1v) is 11.4. The summed E-state index contributed by atoms with van der Waals surface area (Å²) >= 11 is 0. The van der Waals surface area contributed by atoms with Gasteiger partial charge in [-0.15, -0.1) is 0 Å². The highest BCUT2D eigenvalue weighted by Crippen LogP contribution is 2.40. The van der Waals surface area contributed by atoms with Crippen LogP contribution in [0.4, 0.5) is 10.5 Å². The van der Waals surface area contributed by atoms with Gasteiger partial charge in [-0.1, -0.05) is 52.0 Å². The van der Waals surface area contributed by atoms with Crippen molar-refractivity contribution >= 4 is 11.7 Å². The fraction of sp³-hybridized carbons (Fsp3) is 0.320. The van der Waals surface area contributed by atoms with E-state index in [4.69, 9.17) is 0 Å². The summed E-state index contributed by atoms with van der Waals surface area (Å²) in [7, 11) is 0. The number of H-pyrrole nitrogens is 2. The van der Waals surface area contributed by atoms with E-state index in [0.29, 0.717) is 12.2 Å². The molecule has 9 heteroatoms. The van der Waals surface area contributed by atoms with Gasteiger partial charge in [0.2, 0.25) is 0 Å². The molecule has 4 N–H and O–H groups in total. The molecule has 0 aliphatic carbocycles. The lowest BCUT2D eigenvalue weighted by molar-refractivity contribution is 0.252. The van der Waals surface area contributed by atoms with Crippen LogP contribution in [0.5, 0.6) is 0 Å². The maximum Gasteiger partial charge on any atom is 0.319 e. The van der Waals surface area contributed by atoms with Gasteiger partial charge < -0.3 is 10.6 Å². The topological polar surface area (TPSA) is 124 Å². The van der Waals surface area contributed by atoms with E-state index >= 15 is 0 Å². The molecule has 0 aliphatic rings. The number of hydrogen-bond donors (Lipinski definition) is 4. The van der Waals surface area contributed by atoms with Gasteiger partial charge in [-0.25, -0.2) is 4.79 Å². The van der Waals surface area contributed by atoms with Crippen LogP contribution in [0.1, 0.15) is 57.5 Å². The molecule has 0 saturated heterocycles. The lowest BCUT2D eigenvalue weighted by Gasteiger charge is -2.26. The molecule has 2 aromatic carbocycles. The summed E-state index contributed by atoms with van der Waals surface area (Å²) in [6.07, 6.45) is 1.75. The van der Waals surface area contributed by atoms with Gasteiger partial charge in [0.15, 0.2) is 0 Å². The number of carbonyl (C=O) groups is 1. The third-order valence-electron chi connectivity index (χ3n) is 5.91. The molecule has 0 unspecified atom stereocenters. The molecular weight excluding hydrogens is 428 g/mol. The lowest BCUT2D eigenvalue weighted by Crippen LogP contribution is -2.28. The van der Waals surface area contributed by atoms with Gasteiger partial charge in [0, 0.05) is 23.2 Å². The molecule has 0 aliphatic heterocycles. The largest absolute Gasteiger partial charge is 0.338 e. The van der Waals surface area contributed by atoms with Gasteiger partial charge in [0.05, 0.1) is 17.6 Å². The van der Waals surface area contributed by atoms with Crippen LogP contribution in [0.25, 0.3) is 22.4 Å². The first-order chi connectivity index (χ1) is 16.3. The predicted octanol–water partition coefficient (Wildman–Crippen LogP) is 4.85. The Morgan fingerprint density at radius 1 is 1.03 bits per heavy atom. The van der Waals surface area contributed by atoms with Crippen molar-refractivity contribution in [2.45, 2.75) is 46.0 Å². The molecule has 2 aromatic heterocycles. The fourth-order valence-corrected chi connectivity index (χ4v) is 4.07. The first kappa shape index (κ1) is 23.2. The predicted molar refractivity (Wildman–Crippen MR) is 133 cm³/mol. The molecule has 2 amide bonds. The van der Waals surface area contributed by atoms with Crippen LogP contribution in [0, 0.1) is 0 Å². The fourth-order valence-electron chi connectivity index (χ4n) is 4.07. The van der Waals surface area contributed by atoms with E-state index in [0.717, 1.165) is 39.3 Å². The second-order valence-electron chi connectivity index (χ2n) is 9.02. The number of nitrogens with one attached hydrogen (secondary N) is 4. The molecule has 0 spiro atoms. The molecule has 0 radical (unpaired) electrons. The van der Waals surface area contributed by atoms with E-state index in [9.17, 15) is 4.79 Å². The molecule has 34 heavy (non-hydrogen) atoms. The van der Waals surface area contributed by atoms with Gasteiger partial charge in [-0.3, -0.25) is 0 Å². The second-order valence-corrected chi connectivity index (χ2v) is 9.02. The maximum absolute atomic E-state index is 12.1. The monoisotopic (exact) mass is 458 g/mol. The Hall–Kier alpha value is -4.01. The number of amides is 2. The van der Waals surface area contributed by atoms with Crippen molar-refractivity contribution in [1.82, 2.24) is 36.1 Å². The summed E-state index contributed by atoms with van der Waals surface area (Å²) in [5.41, 5.74) is 6.91. The highest BCUT2D eigenvalue weighted by atomic mass is 16.2. The summed E-state index contributed by atoms with van der Waals surface area (Å²) in [6, 6.07) is 13.9. The van der Waals surface area contributed by atoms with Crippen molar-refractivity contribution in [3.05, 3.63) is 65.6 Å². The number of aromatic amines is 2. The van der Waals surface area contributed by atoms with Crippen LogP contribution >= 0.6 is 0 Å². The van der Waals surface area contributed by atoms with Crippen LogP contribution < -0.4 is 10.6 Å². The Morgan fingerprint density at radius 3 is 2.56 bits per heavy atom. The van der Waals surface area contributed by atoms with Crippen LogP contribution in [0.2, 0.25) is 0 Å². The molecule has 0 atom stereocenters. The van der Waals surface area contributed by atoms with Crippen molar-refractivity contribution in [2.75, 3.05) is 11.9 Å². The summed E-state index contributed by atoms with van der Waals surface area (Å²) in [5.74, 6) is 0.230. The maximum atomic E-state index is 12.1. The molecule has 4 rings (SSSR count). The van der Waals surface area contributed by atoms with Crippen molar-refractivity contribution in [2.24, 2.45) is 0 Å². The Morgan fingerprint density at radius 2 is 1.85 bits per heavy atom. The minimum Gasteiger partial charge on any atom is -0.338 e. The van der Waals surface area contributed by atoms with E-state index in [1.807, 2.05) is 31.2 Å². The Kier molecular flexibility index (Phi) is 6.45. The second kappa shape index (κ2) is 9.46. The third-order valence-corrected chi connectivity index (χ3v) is 5.91. The number of anilines is 1. The Labute approximate surface area is 198 Å². The zero-order chi connectivity index (χ0) is 24.3. The summed E-state index contributed by atoms with van der Waals surface area (Å²) < 4.78 is 0. The Balaban J connectivity index is 1.86. The summed E-state index contributed by atoms with van der Waals surface area (Å²) in [4.78, 5) is 12.1. The number of rotatable bonds is 7. The Bertz CT molecular complexity index is 1270. The standard InChI is InChI=1S/C25H30N8O/c1-6-26-24(34)28-18-9-7-8-16(12-18)19-13-17(23-22(15(2)3)30-33-31-23)10-11-20(19)25(4,5)21-14-27-32-29-21/h7-15H,6H2,1-5H3,(H2,26,28,34)(H,27,29,32)(H,30,31,33). The zero-order valence-electron chi connectivity index (χ0n) is 20.1. The highest BCUT2D eigenvalue weighted by Gasteiger charge is 2.29. The van der Waals surface area contributed by atoms with Crippen LogP contribution in [0.3, 0.4) is 0 Å². The molecule has 2 heterocycles. The van der Waals surface area contributed by atoms with E-state index in [1.165, 1.54) is 0 Å². The average Bonchev–Trinajstić information content (AvgIpc) is 3.52. The lowest BCUT2D eigenvalue weighted by atomic mass is 9.77. The van der Waals surface area contributed by atoms with E-state index in [1.54, 1.807) is 6.20 Å². The van der Waals surface area contributed by atoms with E-state index < -0.39 is 5.41 Å². The van der Waals surface area contributed by atoms with Crippen LogP contribution in [-0.2, 0) is 5.41 Å². The van der Waals surface area contributed by atoms with Gasteiger partial charge >= 0.3 is 6.03 Å². The molecule has 9 nitrogen and oxygen atoms in total. The summed E-state index contributed by atoms with van der Waals surface area (Å²) in [6.45, 7) is 10.9. The molecule has 0 fully saturated rings. The van der Waals surface area contributed by atoms with Crippen molar-refractivity contribution < 1.29 is 4.79 Å². The molecule has 0 saturated carbocycles. The average molecular weight is 459 g/mol. The third kappa shape index (κ3) is 4.54. The number of carbonyl (C=O) groups excluding carboxylic acids is 1. The molecular formula is C25H30N8O. The number of benzene rings is 2. The van der Waals surface area contributed by atoms with Gasteiger partial charge in [0.1, 0.15) is 5.69 Å². The van der Waals surface area contributed by atoms with Crippen LogP contribution in [-0.4, -0.2) is 43.4 Å². The number of hydrogen-bond acceptors (Lipinski definition) is 5. The minimum absolute atomic E-state index is 0.230. The van der Waals surface area contributed by atoms with Crippen molar-refractivity contribution in [3.63, 3.8) is 0 Å². The highest BCUT2D eigenvalue weighted by molar-refractivity contribution is 5.90. The molecule has 4 aromatic rings. The normalized spacial score (nSPS) is 11.6. The van der Waals surface area contributed by atoms with Gasteiger partial charge in [-0.2, -0.15) is 30.8 Å². The SMILES string of the molecule is CCNC(=O)Nc1cccc(-c2cc(-c3n[nH]nc3C(C)C)ccc2C(C)(C)c2cn[nH]n2)c1. The quantitative estimate of drug-likeness (QED) is 0.315. The van der Waals surface area contributed by atoms with Crippen molar-refractivity contribution in [3.8, 4) is 22.4 Å². The van der Waals surface area contributed by atoms with E-state index in [2.05, 4.69) is 87.3 Å². The van der Waals surface area contributed by atoms with Crippen molar-refractivity contribution in [1.29, 1.82) is 0 Å². The minimum atomic E-state index is -0.422. The van der Waals surface area contributed by atoms with Crippen LogP contribution in [0.15, 0.2) is 48.7 Å². The zero-order valence-corrected chi connectivity index (χ0v) is 20.1. The molecule has 176 valence electrons. The molecule has 0 bridgehead atoms. The first-order valence-electron chi connectivity index (χ1n) is 11.4. The number of urea groups is 1. The van der Waals surface area contributed by atoms with Gasteiger partial charge in [0.25, 0.3) is 0 Å². The van der Waals surface area contributed by atoms with E-state index in [-0.39, 0.29) is 11.9 Å².